The minimum atomic E-state index is 0.0584. The zero-order valence-electron chi connectivity index (χ0n) is 12.9. The van der Waals surface area contributed by atoms with Crippen molar-refractivity contribution in [1.29, 1.82) is 0 Å². The first-order valence-corrected chi connectivity index (χ1v) is 8.28. The van der Waals surface area contributed by atoms with Crippen LogP contribution in [0.2, 0.25) is 5.02 Å². The highest BCUT2D eigenvalue weighted by molar-refractivity contribution is 14.1. The lowest BCUT2D eigenvalue weighted by molar-refractivity contribution is 0.103. The molecule has 0 saturated carbocycles. The highest BCUT2D eigenvalue weighted by Gasteiger charge is 2.21. The van der Waals surface area contributed by atoms with Crippen LogP contribution in [0.3, 0.4) is 0 Å². The molecule has 2 aromatic rings. The van der Waals surface area contributed by atoms with Crippen LogP contribution in [0, 0.1) is 38.2 Å². The molecule has 0 bridgehead atoms. The van der Waals surface area contributed by atoms with Gasteiger partial charge in [-0.15, -0.1) is 0 Å². The van der Waals surface area contributed by atoms with Crippen molar-refractivity contribution < 1.29 is 4.79 Å². The van der Waals surface area contributed by atoms with Crippen molar-refractivity contribution in [2.75, 3.05) is 0 Å². The summed E-state index contributed by atoms with van der Waals surface area (Å²) < 4.78 is 0.927. The summed E-state index contributed by atoms with van der Waals surface area (Å²) in [5.74, 6) is 0.0584. The molecule has 0 heterocycles. The summed E-state index contributed by atoms with van der Waals surface area (Å²) in [6.07, 6.45) is 0. The first-order valence-electron chi connectivity index (χ1n) is 6.82. The van der Waals surface area contributed by atoms with Gasteiger partial charge < -0.3 is 0 Å². The zero-order valence-corrected chi connectivity index (χ0v) is 15.8. The molecule has 2 rings (SSSR count). The quantitative estimate of drug-likeness (QED) is 0.455. The number of ketones is 1. The molecule has 2 aromatic carbocycles. The lowest BCUT2D eigenvalue weighted by Crippen LogP contribution is -2.11. The van der Waals surface area contributed by atoms with E-state index in [1.54, 1.807) is 6.07 Å². The summed E-state index contributed by atoms with van der Waals surface area (Å²) in [7, 11) is 0. The molecule has 1 nitrogen and oxygen atoms in total. The summed E-state index contributed by atoms with van der Waals surface area (Å²) in [4.78, 5) is 13.0. The van der Waals surface area contributed by atoms with Crippen molar-refractivity contribution in [2.45, 2.75) is 34.6 Å². The number of carbonyl (C=O) groups excluding carboxylic acids is 1. The Bertz CT molecular complexity index is 718. The zero-order chi connectivity index (χ0) is 15.9. The van der Waals surface area contributed by atoms with Crippen LogP contribution in [0.4, 0.5) is 0 Å². The normalized spacial score (nSPS) is 10.8. The molecular weight excluding hydrogens is 395 g/mol. The molecule has 3 heteroatoms. The van der Waals surface area contributed by atoms with Crippen LogP contribution in [0.25, 0.3) is 0 Å². The summed E-state index contributed by atoms with van der Waals surface area (Å²) >= 11 is 8.25. The molecule has 0 aromatic heterocycles. The maximum Gasteiger partial charge on any atom is 0.194 e. The van der Waals surface area contributed by atoms with Gasteiger partial charge in [0.2, 0.25) is 0 Å². The van der Waals surface area contributed by atoms with E-state index in [0.717, 1.165) is 20.3 Å². The van der Waals surface area contributed by atoms with Crippen LogP contribution < -0.4 is 0 Å². The predicted molar refractivity (Wildman–Crippen MR) is 97.7 cm³/mol. The Morgan fingerprint density at radius 3 is 1.90 bits per heavy atom. The Labute approximate surface area is 144 Å². The molecule has 0 N–H and O–H groups in total. The predicted octanol–water partition coefficient (Wildman–Crippen LogP) is 5.72. The fourth-order valence-corrected chi connectivity index (χ4v) is 3.40. The molecule has 0 aliphatic carbocycles. The van der Waals surface area contributed by atoms with Crippen molar-refractivity contribution in [2.24, 2.45) is 0 Å². The van der Waals surface area contributed by atoms with E-state index in [1.165, 1.54) is 16.7 Å². The molecule has 0 aliphatic heterocycles. The number of carbonyl (C=O) groups is 1. The topological polar surface area (TPSA) is 17.1 Å². The number of rotatable bonds is 2. The van der Waals surface area contributed by atoms with Crippen LogP contribution in [0.1, 0.15) is 43.7 Å². The molecular formula is C18H18ClIO. The lowest BCUT2D eigenvalue weighted by Gasteiger charge is -2.18. The highest BCUT2D eigenvalue weighted by Crippen LogP contribution is 2.29. The van der Waals surface area contributed by atoms with Gasteiger partial charge in [-0.3, -0.25) is 4.79 Å². The van der Waals surface area contributed by atoms with Gasteiger partial charge in [0.1, 0.15) is 0 Å². The average Bonchev–Trinajstić information content (AvgIpc) is 2.45. The summed E-state index contributed by atoms with van der Waals surface area (Å²) in [6.45, 7) is 10.3. The molecule has 0 atom stereocenters. The van der Waals surface area contributed by atoms with E-state index in [9.17, 15) is 4.79 Å². The maximum absolute atomic E-state index is 13.0. The van der Waals surface area contributed by atoms with E-state index in [-0.39, 0.29) is 5.78 Å². The van der Waals surface area contributed by atoms with Crippen molar-refractivity contribution in [3.63, 3.8) is 0 Å². The van der Waals surface area contributed by atoms with Crippen LogP contribution in [0.15, 0.2) is 18.2 Å². The third-order valence-corrected chi connectivity index (χ3v) is 5.58. The van der Waals surface area contributed by atoms with Crippen molar-refractivity contribution in [3.05, 3.63) is 65.7 Å². The smallest absolute Gasteiger partial charge is 0.194 e. The third-order valence-electron chi connectivity index (χ3n) is 4.40. The van der Waals surface area contributed by atoms with Crippen molar-refractivity contribution in [3.8, 4) is 0 Å². The van der Waals surface area contributed by atoms with E-state index in [1.807, 2.05) is 26.0 Å². The second-order valence-electron chi connectivity index (χ2n) is 5.45. The second-order valence-corrected chi connectivity index (χ2v) is 7.05. The van der Waals surface area contributed by atoms with E-state index in [2.05, 4.69) is 43.4 Å². The Hall–Kier alpha value is -0.870. The van der Waals surface area contributed by atoms with Gasteiger partial charge in [-0.25, -0.2) is 0 Å². The van der Waals surface area contributed by atoms with Crippen LogP contribution in [-0.4, -0.2) is 5.78 Å². The molecule has 0 saturated heterocycles. The van der Waals surface area contributed by atoms with Gasteiger partial charge >= 0.3 is 0 Å². The second kappa shape index (κ2) is 6.09. The monoisotopic (exact) mass is 412 g/mol. The fraction of sp³-hybridized carbons (Fsp3) is 0.278. The lowest BCUT2D eigenvalue weighted by atomic mass is 9.86. The molecule has 0 amide bonds. The highest BCUT2D eigenvalue weighted by atomic mass is 127. The van der Waals surface area contributed by atoms with Gasteiger partial charge in [-0.2, -0.15) is 0 Å². The number of benzene rings is 2. The minimum absolute atomic E-state index is 0.0584. The largest absolute Gasteiger partial charge is 0.289 e. The fourth-order valence-electron chi connectivity index (χ4n) is 2.65. The van der Waals surface area contributed by atoms with Crippen LogP contribution in [0.5, 0.6) is 0 Å². The van der Waals surface area contributed by atoms with Gasteiger partial charge in [-0.05, 0) is 103 Å². The first-order chi connectivity index (χ1) is 9.75. The number of hydrogen-bond acceptors (Lipinski definition) is 1. The molecule has 21 heavy (non-hydrogen) atoms. The first kappa shape index (κ1) is 16.5. The summed E-state index contributed by atoms with van der Waals surface area (Å²) in [6, 6.07) is 5.45. The molecule has 0 unspecified atom stereocenters. The van der Waals surface area contributed by atoms with Gasteiger partial charge in [0.15, 0.2) is 5.78 Å². The Morgan fingerprint density at radius 2 is 1.38 bits per heavy atom. The minimum Gasteiger partial charge on any atom is -0.289 e. The molecule has 110 valence electrons. The van der Waals surface area contributed by atoms with Gasteiger partial charge in [0.05, 0.1) is 0 Å². The Kier molecular flexibility index (Phi) is 4.79. The molecule has 0 spiro atoms. The van der Waals surface area contributed by atoms with Crippen molar-refractivity contribution >= 4 is 40.0 Å². The molecule has 0 fully saturated rings. The van der Waals surface area contributed by atoms with Gasteiger partial charge in [-0.1, -0.05) is 11.6 Å². The number of halogens is 2. The molecule has 0 radical (unpaired) electrons. The van der Waals surface area contributed by atoms with Crippen LogP contribution >= 0.6 is 34.2 Å². The third kappa shape index (κ3) is 2.88. The SMILES string of the molecule is Cc1c(C)c(C)c(C(=O)c2cc(Cl)ccc2I)c(C)c1C. The van der Waals surface area contributed by atoms with Crippen LogP contribution in [-0.2, 0) is 0 Å². The van der Waals surface area contributed by atoms with E-state index >= 15 is 0 Å². The standard InChI is InChI=1S/C18H18ClIO/c1-9-10(2)12(4)17(13(5)11(9)3)18(21)15-8-14(19)6-7-16(15)20/h6-8H,1-5H3. The number of hydrogen-bond donors (Lipinski definition) is 0. The summed E-state index contributed by atoms with van der Waals surface area (Å²) in [5.41, 5.74) is 7.28. The van der Waals surface area contributed by atoms with E-state index < -0.39 is 0 Å². The summed E-state index contributed by atoms with van der Waals surface area (Å²) in [5, 5.41) is 0.592. The Morgan fingerprint density at radius 1 is 0.905 bits per heavy atom. The van der Waals surface area contributed by atoms with Crippen molar-refractivity contribution in [1.82, 2.24) is 0 Å². The average molecular weight is 413 g/mol. The molecule has 0 aliphatic rings. The van der Waals surface area contributed by atoms with Gasteiger partial charge in [0.25, 0.3) is 0 Å². The Balaban J connectivity index is 2.73. The van der Waals surface area contributed by atoms with E-state index in [4.69, 9.17) is 11.6 Å². The van der Waals surface area contributed by atoms with Gasteiger partial charge in [0, 0.05) is 19.7 Å². The van der Waals surface area contributed by atoms with E-state index in [0.29, 0.717) is 10.6 Å². The maximum atomic E-state index is 13.0.